The van der Waals surface area contributed by atoms with Crippen LogP contribution in [0, 0.1) is 0 Å². The van der Waals surface area contributed by atoms with Crippen LogP contribution in [0.3, 0.4) is 0 Å². The minimum absolute atomic E-state index is 0. The standard InChI is InChI=1S/2C8H14O5S.Mg/c2*1-7(2)8(9)13-5-3-4-6-14(10,11)12;/h2*1,3-6H2,2H3,(H,10,11,12);/q;;+2/p-2. The second kappa shape index (κ2) is 16.8. The molecule has 0 aliphatic heterocycles. The van der Waals surface area contributed by atoms with Gasteiger partial charge in [0.1, 0.15) is 0 Å². The number of carbonyl (C=O) groups excluding carboxylic acids is 2. The predicted octanol–water partition coefficient (Wildman–Crippen LogP) is 0.481. The van der Waals surface area contributed by atoms with E-state index >= 15 is 0 Å². The number of hydrogen-bond donors (Lipinski definition) is 0. The van der Waals surface area contributed by atoms with Crippen LogP contribution >= 0.6 is 0 Å². The van der Waals surface area contributed by atoms with Crippen molar-refractivity contribution in [2.24, 2.45) is 0 Å². The predicted molar refractivity (Wildman–Crippen MR) is 105 cm³/mol. The van der Waals surface area contributed by atoms with Crippen molar-refractivity contribution < 1.29 is 45.0 Å². The van der Waals surface area contributed by atoms with Gasteiger partial charge in [-0.25, -0.2) is 26.4 Å². The van der Waals surface area contributed by atoms with Crippen molar-refractivity contribution in [1.82, 2.24) is 0 Å². The van der Waals surface area contributed by atoms with Gasteiger partial charge in [-0.15, -0.1) is 0 Å². The van der Waals surface area contributed by atoms with E-state index in [4.69, 9.17) is 0 Å². The summed E-state index contributed by atoms with van der Waals surface area (Å²) in [6.45, 7) is 10.0. The van der Waals surface area contributed by atoms with Crippen LogP contribution in [0.4, 0.5) is 0 Å². The summed E-state index contributed by atoms with van der Waals surface area (Å²) in [7, 11) is -8.30. The van der Waals surface area contributed by atoms with Gasteiger partial charge < -0.3 is 18.6 Å². The number of ether oxygens (including phenoxy) is 2. The van der Waals surface area contributed by atoms with Crippen LogP contribution in [-0.4, -0.2) is 85.7 Å². The molecule has 13 heteroatoms. The zero-order valence-electron chi connectivity index (χ0n) is 16.7. The molecule has 0 bridgehead atoms. The molecule has 0 radical (unpaired) electrons. The second-order valence-corrected chi connectivity index (χ2v) is 8.82. The van der Waals surface area contributed by atoms with E-state index in [-0.39, 0.29) is 49.1 Å². The Kier molecular flexibility index (Phi) is 18.9. The zero-order chi connectivity index (χ0) is 22.4. The molecule has 0 aliphatic carbocycles. The Morgan fingerprint density at radius 1 is 0.724 bits per heavy atom. The molecule has 29 heavy (non-hydrogen) atoms. The Balaban J connectivity index is -0.000000451. The van der Waals surface area contributed by atoms with Crippen LogP contribution in [0.5, 0.6) is 0 Å². The monoisotopic (exact) mass is 466 g/mol. The van der Waals surface area contributed by atoms with E-state index in [0.717, 1.165) is 0 Å². The first-order valence-corrected chi connectivity index (χ1v) is 11.3. The fraction of sp³-hybridized carbons (Fsp3) is 0.625. The number of rotatable bonds is 12. The first-order valence-electron chi connectivity index (χ1n) is 8.18. The van der Waals surface area contributed by atoms with Gasteiger partial charge in [0, 0.05) is 22.7 Å². The maximum atomic E-state index is 10.8. The van der Waals surface area contributed by atoms with E-state index in [2.05, 4.69) is 22.6 Å². The molecular formula is C16H26MgO10S2. The Morgan fingerprint density at radius 2 is 1.00 bits per heavy atom. The third kappa shape index (κ3) is 27.0. The molecule has 0 heterocycles. The summed E-state index contributed by atoms with van der Waals surface area (Å²) >= 11 is 0. The number of unbranched alkanes of at least 4 members (excludes halogenated alkanes) is 2. The summed E-state index contributed by atoms with van der Waals surface area (Å²) in [5.74, 6) is -1.85. The largest absolute Gasteiger partial charge is 2.00 e. The number of esters is 2. The fourth-order valence-electron chi connectivity index (χ4n) is 1.34. The molecule has 0 spiro atoms. The molecule has 0 fully saturated rings. The van der Waals surface area contributed by atoms with Crippen molar-refractivity contribution in [3.8, 4) is 0 Å². The van der Waals surface area contributed by atoms with Crippen LogP contribution < -0.4 is 0 Å². The van der Waals surface area contributed by atoms with E-state index in [9.17, 15) is 35.5 Å². The average Bonchev–Trinajstić information content (AvgIpc) is 2.52. The van der Waals surface area contributed by atoms with E-state index in [1.807, 2.05) is 0 Å². The topological polar surface area (TPSA) is 167 Å². The summed E-state index contributed by atoms with van der Waals surface area (Å²) in [4.78, 5) is 21.6. The minimum atomic E-state index is -4.15. The van der Waals surface area contributed by atoms with Gasteiger partial charge in [0.05, 0.1) is 33.5 Å². The van der Waals surface area contributed by atoms with Gasteiger partial charge in [0.25, 0.3) is 0 Å². The maximum absolute atomic E-state index is 10.8. The summed E-state index contributed by atoms with van der Waals surface area (Å²) in [5.41, 5.74) is 0.586. The normalized spacial score (nSPS) is 10.6. The Morgan fingerprint density at radius 3 is 1.21 bits per heavy atom. The second-order valence-electron chi connectivity index (χ2n) is 5.77. The third-order valence-corrected chi connectivity index (χ3v) is 4.32. The SMILES string of the molecule is C=C(C)C(=O)OCCCCS(=O)(=O)[O-].C=C(C)C(=O)OCCCCS(=O)(=O)[O-].[Mg+2]. The molecule has 0 aromatic rings. The first kappa shape index (κ1) is 32.7. The van der Waals surface area contributed by atoms with Crippen molar-refractivity contribution >= 4 is 55.2 Å². The molecule has 10 nitrogen and oxygen atoms in total. The number of hydrogen-bond acceptors (Lipinski definition) is 10. The molecule has 0 saturated carbocycles. The molecular weight excluding hydrogens is 441 g/mol. The minimum Gasteiger partial charge on any atom is -0.748 e. The van der Waals surface area contributed by atoms with E-state index in [1.165, 1.54) is 13.8 Å². The van der Waals surface area contributed by atoms with Gasteiger partial charge in [0.2, 0.25) is 0 Å². The Labute approximate surface area is 188 Å². The molecule has 0 atom stereocenters. The molecule has 0 aromatic carbocycles. The quantitative estimate of drug-likeness (QED) is 0.130. The Bertz CT molecular complexity index is 678. The molecule has 0 rings (SSSR count). The Hall–Kier alpha value is -0.994. The van der Waals surface area contributed by atoms with Crippen molar-refractivity contribution in [1.29, 1.82) is 0 Å². The molecule has 164 valence electrons. The summed E-state index contributed by atoms with van der Waals surface area (Å²) < 4.78 is 70.3. The first-order chi connectivity index (χ1) is 12.7. The van der Waals surface area contributed by atoms with E-state index in [0.29, 0.717) is 24.0 Å². The molecule has 0 saturated heterocycles. The molecule has 0 aromatic heterocycles. The van der Waals surface area contributed by atoms with Gasteiger partial charge in [-0.1, -0.05) is 13.2 Å². The number of carbonyl (C=O) groups is 2. The van der Waals surface area contributed by atoms with Crippen LogP contribution in [0.25, 0.3) is 0 Å². The van der Waals surface area contributed by atoms with Gasteiger partial charge >= 0.3 is 35.0 Å². The van der Waals surface area contributed by atoms with Crippen LogP contribution in [0.15, 0.2) is 24.3 Å². The maximum Gasteiger partial charge on any atom is 2.00 e. The van der Waals surface area contributed by atoms with Gasteiger partial charge in [-0.05, 0) is 39.5 Å². The van der Waals surface area contributed by atoms with Crippen LogP contribution in [0.2, 0.25) is 0 Å². The zero-order valence-corrected chi connectivity index (χ0v) is 19.7. The van der Waals surface area contributed by atoms with Crippen molar-refractivity contribution in [2.75, 3.05) is 24.7 Å². The molecule has 0 N–H and O–H groups in total. The smallest absolute Gasteiger partial charge is 0.748 e. The van der Waals surface area contributed by atoms with Gasteiger partial charge in [-0.3, -0.25) is 0 Å². The average molecular weight is 467 g/mol. The van der Waals surface area contributed by atoms with Crippen LogP contribution in [-0.2, 0) is 39.3 Å². The van der Waals surface area contributed by atoms with Crippen molar-refractivity contribution in [2.45, 2.75) is 39.5 Å². The van der Waals surface area contributed by atoms with E-state index < -0.39 is 43.7 Å². The van der Waals surface area contributed by atoms with E-state index in [1.54, 1.807) is 0 Å². The third-order valence-electron chi connectivity index (χ3n) is 2.74. The fourth-order valence-corrected chi connectivity index (χ4v) is 2.45. The summed E-state index contributed by atoms with van der Waals surface area (Å²) in [6.07, 6.45) is 1.13. The van der Waals surface area contributed by atoms with Gasteiger partial charge in [0.15, 0.2) is 0 Å². The van der Waals surface area contributed by atoms with Crippen molar-refractivity contribution in [3.05, 3.63) is 24.3 Å². The summed E-state index contributed by atoms with van der Waals surface area (Å²) in [5, 5.41) is 0. The molecule has 0 unspecified atom stereocenters. The van der Waals surface area contributed by atoms with Gasteiger partial charge in [-0.2, -0.15) is 0 Å². The van der Waals surface area contributed by atoms with Crippen LogP contribution in [0.1, 0.15) is 39.5 Å². The molecule has 0 amide bonds. The summed E-state index contributed by atoms with van der Waals surface area (Å²) in [6, 6.07) is 0. The molecule has 0 aliphatic rings. The van der Waals surface area contributed by atoms with Crippen molar-refractivity contribution in [3.63, 3.8) is 0 Å².